The molecule has 3 rings (SSSR count). The van der Waals surface area contributed by atoms with Crippen LogP contribution in [0, 0.1) is 12.3 Å². The molecule has 0 spiro atoms. The number of hydrogen-bond donors (Lipinski definition) is 2. The lowest BCUT2D eigenvalue weighted by Gasteiger charge is -2.41. The number of benzene rings is 1. The number of hydrogen-bond acceptors (Lipinski definition) is 3. The average molecular weight is 341 g/mol. The van der Waals surface area contributed by atoms with Crippen LogP contribution in [-0.2, 0) is 6.42 Å². The van der Waals surface area contributed by atoms with Crippen LogP contribution in [-0.4, -0.2) is 45.8 Å². The molecular weight excluding hydrogens is 314 g/mol. The summed E-state index contributed by atoms with van der Waals surface area (Å²) >= 11 is 0. The topological polar surface area (TPSA) is 69.2 Å². The molecule has 5 heteroatoms. The van der Waals surface area contributed by atoms with Gasteiger partial charge in [-0.25, -0.2) is 0 Å². The van der Waals surface area contributed by atoms with E-state index in [4.69, 9.17) is 0 Å². The van der Waals surface area contributed by atoms with Crippen molar-refractivity contribution < 1.29 is 9.90 Å². The highest BCUT2D eigenvalue weighted by Crippen LogP contribution is 2.35. The minimum atomic E-state index is -0.186. The van der Waals surface area contributed by atoms with Crippen molar-refractivity contribution in [2.45, 2.75) is 39.0 Å². The summed E-state index contributed by atoms with van der Waals surface area (Å²) in [6.45, 7) is 3.38. The molecule has 134 valence electrons. The van der Waals surface area contributed by atoms with E-state index in [1.807, 2.05) is 17.9 Å². The molecule has 0 aliphatic carbocycles. The molecular formula is C20H27N3O2. The van der Waals surface area contributed by atoms with Crippen LogP contribution < -0.4 is 0 Å². The molecule has 1 atom stereocenters. The van der Waals surface area contributed by atoms with Gasteiger partial charge in [0, 0.05) is 24.2 Å². The third-order valence-corrected chi connectivity index (χ3v) is 5.22. The summed E-state index contributed by atoms with van der Waals surface area (Å²) in [5, 5.41) is 17.0. The fourth-order valence-electron chi connectivity index (χ4n) is 3.80. The molecule has 2 N–H and O–H groups in total. The number of aliphatic hydroxyl groups excluding tert-OH is 1. The zero-order valence-corrected chi connectivity index (χ0v) is 14.9. The van der Waals surface area contributed by atoms with Crippen molar-refractivity contribution in [2.75, 3.05) is 19.7 Å². The van der Waals surface area contributed by atoms with Gasteiger partial charge in [0.05, 0.1) is 6.61 Å². The summed E-state index contributed by atoms with van der Waals surface area (Å²) in [6.07, 6.45) is 4.87. The van der Waals surface area contributed by atoms with Crippen LogP contribution in [0.2, 0.25) is 0 Å². The predicted octanol–water partition coefficient (Wildman–Crippen LogP) is 2.96. The molecule has 1 amide bonds. The van der Waals surface area contributed by atoms with Gasteiger partial charge in [-0.15, -0.1) is 0 Å². The Morgan fingerprint density at radius 2 is 2.16 bits per heavy atom. The van der Waals surface area contributed by atoms with Crippen LogP contribution in [0.5, 0.6) is 0 Å². The third-order valence-electron chi connectivity index (χ3n) is 5.22. The molecule has 1 fully saturated rings. The first kappa shape index (κ1) is 17.7. The van der Waals surface area contributed by atoms with Crippen LogP contribution in [0.4, 0.5) is 0 Å². The molecule has 0 radical (unpaired) electrons. The second kappa shape index (κ2) is 7.83. The van der Waals surface area contributed by atoms with E-state index in [1.54, 1.807) is 6.07 Å². The van der Waals surface area contributed by atoms with Crippen molar-refractivity contribution in [3.63, 3.8) is 0 Å². The van der Waals surface area contributed by atoms with Crippen molar-refractivity contribution in [1.82, 2.24) is 15.1 Å². The highest BCUT2D eigenvalue weighted by atomic mass is 16.3. The van der Waals surface area contributed by atoms with Crippen molar-refractivity contribution in [3.8, 4) is 0 Å². The number of H-pyrrole nitrogens is 1. The summed E-state index contributed by atoms with van der Waals surface area (Å²) in [7, 11) is 0. The minimum Gasteiger partial charge on any atom is -0.396 e. The number of carbonyl (C=O) groups excluding carboxylic acids is 1. The number of likely N-dealkylation sites (tertiary alicyclic amines) is 1. The molecule has 1 unspecified atom stereocenters. The van der Waals surface area contributed by atoms with E-state index in [0.717, 1.165) is 44.3 Å². The van der Waals surface area contributed by atoms with Gasteiger partial charge in [0.25, 0.3) is 5.91 Å². The van der Waals surface area contributed by atoms with Crippen molar-refractivity contribution in [2.24, 2.45) is 5.41 Å². The number of amides is 1. The molecule has 1 aliphatic heterocycles. The second-order valence-corrected chi connectivity index (χ2v) is 7.26. The highest BCUT2D eigenvalue weighted by molar-refractivity contribution is 5.92. The summed E-state index contributed by atoms with van der Waals surface area (Å²) < 4.78 is 0. The highest BCUT2D eigenvalue weighted by Gasteiger charge is 2.36. The minimum absolute atomic E-state index is 0.0371. The number of aromatic nitrogens is 2. The molecule has 2 heterocycles. The predicted molar refractivity (Wildman–Crippen MR) is 97.4 cm³/mol. The SMILES string of the molecule is Cc1cc(C(=O)N2CCCC(CO)(CCCc3ccccc3)C2)n[nH]1. The van der Waals surface area contributed by atoms with Gasteiger partial charge in [0.2, 0.25) is 0 Å². The number of piperidine rings is 1. The molecule has 1 aromatic heterocycles. The molecule has 1 aliphatic rings. The normalized spacial score (nSPS) is 20.6. The second-order valence-electron chi connectivity index (χ2n) is 7.26. The van der Waals surface area contributed by atoms with Gasteiger partial charge in [0.1, 0.15) is 5.69 Å². The van der Waals surface area contributed by atoms with E-state index in [9.17, 15) is 9.90 Å². The molecule has 2 aromatic rings. The number of aromatic amines is 1. The van der Waals surface area contributed by atoms with Crippen molar-refractivity contribution in [3.05, 3.63) is 53.3 Å². The van der Waals surface area contributed by atoms with Gasteiger partial charge in [0.15, 0.2) is 0 Å². The van der Waals surface area contributed by atoms with E-state index in [1.165, 1.54) is 5.56 Å². The lowest BCUT2D eigenvalue weighted by Crippen LogP contribution is -2.48. The number of nitrogens with zero attached hydrogens (tertiary/aromatic N) is 2. The van der Waals surface area contributed by atoms with E-state index >= 15 is 0 Å². The fourth-order valence-corrected chi connectivity index (χ4v) is 3.80. The number of carbonyl (C=O) groups is 1. The average Bonchev–Trinajstić information content (AvgIpc) is 3.08. The van der Waals surface area contributed by atoms with Gasteiger partial charge in [-0.2, -0.15) is 5.10 Å². The monoisotopic (exact) mass is 341 g/mol. The van der Waals surface area contributed by atoms with E-state index in [-0.39, 0.29) is 17.9 Å². The van der Waals surface area contributed by atoms with E-state index in [0.29, 0.717) is 12.2 Å². The first-order valence-corrected chi connectivity index (χ1v) is 9.08. The van der Waals surface area contributed by atoms with E-state index in [2.05, 4.69) is 34.5 Å². The standard InChI is InChI=1S/C20H27N3O2/c1-16-13-18(22-21-16)19(25)23-12-6-11-20(14-23,15-24)10-5-9-17-7-3-2-4-8-17/h2-4,7-8,13,24H,5-6,9-12,14-15H2,1H3,(H,21,22). The maximum absolute atomic E-state index is 12.7. The Morgan fingerprint density at radius 1 is 1.36 bits per heavy atom. The van der Waals surface area contributed by atoms with Crippen LogP contribution in [0.3, 0.4) is 0 Å². The van der Waals surface area contributed by atoms with Gasteiger partial charge in [-0.3, -0.25) is 9.89 Å². The Kier molecular flexibility index (Phi) is 5.53. The number of rotatable bonds is 6. The Balaban J connectivity index is 1.61. The fraction of sp³-hybridized carbons (Fsp3) is 0.500. The first-order valence-electron chi connectivity index (χ1n) is 9.08. The molecule has 0 bridgehead atoms. The molecule has 1 saturated heterocycles. The Hall–Kier alpha value is -2.14. The maximum Gasteiger partial charge on any atom is 0.274 e. The van der Waals surface area contributed by atoms with Gasteiger partial charge < -0.3 is 10.0 Å². The zero-order valence-electron chi connectivity index (χ0n) is 14.9. The number of aryl methyl sites for hydroxylation is 2. The largest absolute Gasteiger partial charge is 0.396 e. The smallest absolute Gasteiger partial charge is 0.274 e. The van der Waals surface area contributed by atoms with Crippen LogP contribution in [0.1, 0.15) is 47.4 Å². The lowest BCUT2D eigenvalue weighted by molar-refractivity contribution is 0.0213. The van der Waals surface area contributed by atoms with Crippen LogP contribution in [0.25, 0.3) is 0 Å². The Labute approximate surface area is 149 Å². The van der Waals surface area contributed by atoms with Crippen LogP contribution >= 0.6 is 0 Å². The summed E-state index contributed by atoms with van der Waals surface area (Å²) in [4.78, 5) is 14.5. The number of aliphatic hydroxyl groups is 1. The lowest BCUT2D eigenvalue weighted by atomic mass is 9.76. The molecule has 5 nitrogen and oxygen atoms in total. The summed E-state index contributed by atoms with van der Waals surface area (Å²) in [6, 6.07) is 12.2. The molecule has 25 heavy (non-hydrogen) atoms. The maximum atomic E-state index is 12.7. The van der Waals surface area contributed by atoms with Gasteiger partial charge in [-0.1, -0.05) is 30.3 Å². The third kappa shape index (κ3) is 4.28. The quantitative estimate of drug-likeness (QED) is 0.849. The Bertz CT molecular complexity index is 698. The molecule has 0 saturated carbocycles. The van der Waals surface area contributed by atoms with Crippen LogP contribution in [0.15, 0.2) is 36.4 Å². The summed E-state index contributed by atoms with van der Waals surface area (Å²) in [5.41, 5.74) is 2.49. The zero-order chi connectivity index (χ0) is 17.7. The van der Waals surface area contributed by atoms with Crippen molar-refractivity contribution >= 4 is 5.91 Å². The summed E-state index contributed by atoms with van der Waals surface area (Å²) in [5.74, 6) is -0.0371. The van der Waals surface area contributed by atoms with Gasteiger partial charge in [-0.05, 0) is 50.7 Å². The van der Waals surface area contributed by atoms with Crippen molar-refractivity contribution in [1.29, 1.82) is 0 Å². The first-order chi connectivity index (χ1) is 12.1. The number of nitrogens with one attached hydrogen (secondary N) is 1. The van der Waals surface area contributed by atoms with E-state index < -0.39 is 0 Å². The molecule has 1 aromatic carbocycles. The van der Waals surface area contributed by atoms with Gasteiger partial charge >= 0.3 is 0 Å². The Morgan fingerprint density at radius 3 is 2.84 bits per heavy atom.